The number of nitrogens with zero attached hydrogens (tertiary/aromatic N) is 3. The maximum absolute atomic E-state index is 12.4. The van der Waals surface area contributed by atoms with Crippen molar-refractivity contribution in [2.75, 3.05) is 18.8 Å². The minimum atomic E-state index is -0.880. The normalized spacial score (nSPS) is 15.2. The van der Waals surface area contributed by atoms with Gasteiger partial charge >= 0.3 is 5.97 Å². The predicted molar refractivity (Wildman–Crippen MR) is 80.4 cm³/mol. The number of carboxylic acids is 1. The number of carboxylic acid groups (broad SMARTS) is 1. The molecule has 2 rings (SSSR count). The van der Waals surface area contributed by atoms with E-state index in [1.807, 2.05) is 16.4 Å². The summed E-state index contributed by atoms with van der Waals surface area (Å²) in [7, 11) is 0. The van der Waals surface area contributed by atoms with Gasteiger partial charge < -0.3 is 14.6 Å². The molecule has 0 spiro atoms. The van der Waals surface area contributed by atoms with E-state index in [4.69, 9.17) is 5.11 Å². The van der Waals surface area contributed by atoms with Gasteiger partial charge in [0.05, 0.1) is 5.75 Å². The number of imidazole rings is 1. The fraction of sp³-hybridized carbons (Fsp3) is 0.643. The molecule has 1 aliphatic rings. The molecular weight excluding hydrogens is 290 g/mol. The summed E-state index contributed by atoms with van der Waals surface area (Å²) in [5.41, 5.74) is 0.966. The molecule has 0 aliphatic carbocycles. The molecule has 0 aromatic carbocycles. The second-order valence-electron chi connectivity index (χ2n) is 5.10. The molecule has 1 N–H and O–H groups in total. The molecule has 0 radical (unpaired) electrons. The van der Waals surface area contributed by atoms with Crippen LogP contribution in [0.15, 0.2) is 11.4 Å². The van der Waals surface area contributed by atoms with E-state index in [0.29, 0.717) is 5.16 Å². The average Bonchev–Trinajstić information content (AvgIpc) is 2.88. The summed E-state index contributed by atoms with van der Waals surface area (Å²) in [6.07, 6.45) is 5.82. The van der Waals surface area contributed by atoms with Crippen LogP contribution >= 0.6 is 11.8 Å². The zero-order chi connectivity index (χ0) is 15.2. The lowest BCUT2D eigenvalue weighted by molar-refractivity contribution is -0.134. The number of piperidine rings is 1. The zero-order valence-corrected chi connectivity index (χ0v) is 13.1. The lowest BCUT2D eigenvalue weighted by Gasteiger charge is -2.27. The monoisotopic (exact) mass is 311 g/mol. The summed E-state index contributed by atoms with van der Waals surface area (Å²) in [5, 5.41) is 9.39. The number of hydrogen-bond acceptors (Lipinski definition) is 4. The van der Waals surface area contributed by atoms with Crippen molar-refractivity contribution in [3.05, 3.63) is 11.9 Å². The van der Waals surface area contributed by atoms with Crippen LogP contribution in [0.2, 0.25) is 0 Å². The number of likely N-dealkylation sites (tertiary alicyclic amines) is 1. The number of hydrogen-bond donors (Lipinski definition) is 1. The fourth-order valence-corrected chi connectivity index (χ4v) is 3.18. The minimum Gasteiger partial charge on any atom is -0.481 e. The Labute approximate surface area is 128 Å². The Bertz CT molecular complexity index is 510. The molecule has 0 unspecified atom stereocenters. The molecule has 21 heavy (non-hydrogen) atoms. The van der Waals surface area contributed by atoms with Gasteiger partial charge in [-0.2, -0.15) is 0 Å². The van der Waals surface area contributed by atoms with Crippen LogP contribution in [0.3, 0.4) is 0 Å². The topological polar surface area (TPSA) is 75.4 Å². The van der Waals surface area contributed by atoms with Gasteiger partial charge in [-0.3, -0.25) is 9.59 Å². The van der Waals surface area contributed by atoms with E-state index >= 15 is 0 Å². The lowest BCUT2D eigenvalue weighted by atomic mass is 10.1. The average molecular weight is 311 g/mol. The van der Waals surface area contributed by atoms with E-state index in [2.05, 4.69) is 4.98 Å². The van der Waals surface area contributed by atoms with Crippen molar-refractivity contribution in [2.45, 2.75) is 44.3 Å². The smallest absolute Gasteiger partial charge is 0.313 e. The third-order valence-corrected chi connectivity index (χ3v) is 4.57. The Hall–Kier alpha value is -1.50. The second kappa shape index (κ2) is 7.49. The van der Waals surface area contributed by atoms with E-state index in [1.165, 1.54) is 6.42 Å². The third kappa shape index (κ3) is 4.23. The molecule has 116 valence electrons. The van der Waals surface area contributed by atoms with Gasteiger partial charge in [-0.15, -0.1) is 0 Å². The maximum atomic E-state index is 12.4. The SMILES string of the molecule is CCc1cnc(SCC(=O)O)n1CC(=O)N1CCCCC1. The van der Waals surface area contributed by atoms with Crippen molar-refractivity contribution in [3.63, 3.8) is 0 Å². The van der Waals surface area contributed by atoms with Crippen LogP contribution in [0.5, 0.6) is 0 Å². The van der Waals surface area contributed by atoms with Crippen LogP contribution in [0.25, 0.3) is 0 Å². The van der Waals surface area contributed by atoms with Gasteiger partial charge in [-0.1, -0.05) is 18.7 Å². The lowest BCUT2D eigenvalue weighted by Crippen LogP contribution is -2.38. The summed E-state index contributed by atoms with van der Waals surface area (Å²) in [5.74, 6) is -0.826. The highest BCUT2D eigenvalue weighted by molar-refractivity contribution is 7.99. The summed E-state index contributed by atoms with van der Waals surface area (Å²) >= 11 is 1.16. The molecule has 1 aromatic heterocycles. The Morgan fingerprint density at radius 3 is 2.67 bits per heavy atom. The Morgan fingerprint density at radius 1 is 1.33 bits per heavy atom. The Kier molecular flexibility index (Phi) is 5.67. The van der Waals surface area contributed by atoms with Crippen LogP contribution in [0.1, 0.15) is 31.9 Å². The van der Waals surface area contributed by atoms with E-state index < -0.39 is 5.97 Å². The number of aromatic nitrogens is 2. The van der Waals surface area contributed by atoms with Gasteiger partial charge in [0.15, 0.2) is 5.16 Å². The quantitative estimate of drug-likeness (QED) is 0.808. The van der Waals surface area contributed by atoms with Gasteiger partial charge in [0.25, 0.3) is 0 Å². The number of carbonyl (C=O) groups is 2. The number of carbonyl (C=O) groups excluding carboxylic acids is 1. The van der Waals surface area contributed by atoms with Crippen LogP contribution < -0.4 is 0 Å². The highest BCUT2D eigenvalue weighted by Gasteiger charge is 2.20. The van der Waals surface area contributed by atoms with Crippen LogP contribution in [-0.2, 0) is 22.6 Å². The van der Waals surface area contributed by atoms with Crippen LogP contribution in [-0.4, -0.2) is 50.3 Å². The number of rotatable bonds is 6. The number of amides is 1. The van der Waals surface area contributed by atoms with Crippen molar-refractivity contribution in [3.8, 4) is 0 Å². The van der Waals surface area contributed by atoms with Gasteiger partial charge in [-0.25, -0.2) is 4.98 Å². The highest BCUT2D eigenvalue weighted by Crippen LogP contribution is 2.20. The third-order valence-electron chi connectivity index (χ3n) is 3.59. The first-order valence-corrected chi connectivity index (χ1v) is 8.27. The van der Waals surface area contributed by atoms with E-state index in [-0.39, 0.29) is 18.2 Å². The first-order chi connectivity index (χ1) is 10.1. The maximum Gasteiger partial charge on any atom is 0.313 e. The Balaban J connectivity index is 2.07. The van der Waals surface area contributed by atoms with E-state index in [0.717, 1.165) is 49.8 Å². The molecule has 1 aliphatic heterocycles. The molecule has 1 fully saturated rings. The second-order valence-corrected chi connectivity index (χ2v) is 6.04. The van der Waals surface area contributed by atoms with Crippen molar-refractivity contribution in [1.82, 2.24) is 14.5 Å². The molecule has 0 saturated carbocycles. The standard InChI is InChI=1S/C14H21N3O3S/c1-2-11-8-15-14(21-10-13(19)20)17(11)9-12(18)16-6-4-3-5-7-16/h8H,2-7,9-10H2,1H3,(H,19,20). The van der Waals surface area contributed by atoms with Gasteiger partial charge in [0.1, 0.15) is 6.54 Å². The first kappa shape index (κ1) is 15.9. The van der Waals surface area contributed by atoms with E-state index in [9.17, 15) is 9.59 Å². The van der Waals surface area contributed by atoms with Crippen molar-refractivity contribution < 1.29 is 14.7 Å². The zero-order valence-electron chi connectivity index (χ0n) is 12.2. The van der Waals surface area contributed by atoms with Gasteiger partial charge in [0, 0.05) is 25.0 Å². The summed E-state index contributed by atoms with van der Waals surface area (Å²) < 4.78 is 1.85. The largest absolute Gasteiger partial charge is 0.481 e. The van der Waals surface area contributed by atoms with E-state index in [1.54, 1.807) is 6.20 Å². The van der Waals surface area contributed by atoms with Gasteiger partial charge in [0.2, 0.25) is 5.91 Å². The van der Waals surface area contributed by atoms with Crippen LogP contribution in [0.4, 0.5) is 0 Å². The molecule has 7 heteroatoms. The number of aliphatic carboxylic acids is 1. The molecule has 2 heterocycles. The van der Waals surface area contributed by atoms with Crippen molar-refractivity contribution >= 4 is 23.6 Å². The fourth-order valence-electron chi connectivity index (χ4n) is 2.46. The number of aryl methyl sites for hydroxylation is 1. The molecule has 1 aromatic rings. The predicted octanol–water partition coefficient (Wildman–Crippen LogP) is 1.63. The molecule has 6 nitrogen and oxygen atoms in total. The van der Waals surface area contributed by atoms with Crippen molar-refractivity contribution in [1.29, 1.82) is 0 Å². The van der Waals surface area contributed by atoms with Crippen molar-refractivity contribution in [2.24, 2.45) is 0 Å². The molecular formula is C14H21N3O3S. The molecule has 0 atom stereocenters. The highest BCUT2D eigenvalue weighted by atomic mass is 32.2. The summed E-state index contributed by atoms with van der Waals surface area (Å²) in [6.45, 7) is 3.91. The van der Waals surface area contributed by atoms with Crippen LogP contribution in [0, 0.1) is 0 Å². The minimum absolute atomic E-state index is 0.0436. The first-order valence-electron chi connectivity index (χ1n) is 7.28. The molecule has 1 amide bonds. The summed E-state index contributed by atoms with van der Waals surface area (Å²) in [4.78, 5) is 29.2. The molecule has 1 saturated heterocycles. The molecule has 0 bridgehead atoms. The Morgan fingerprint density at radius 2 is 2.05 bits per heavy atom. The van der Waals surface area contributed by atoms with Gasteiger partial charge in [-0.05, 0) is 25.7 Å². The number of thioether (sulfide) groups is 1. The summed E-state index contributed by atoms with van der Waals surface area (Å²) in [6, 6.07) is 0.